The molecule has 1 aromatic heterocycles. The molecule has 0 fully saturated rings. The fourth-order valence-electron chi connectivity index (χ4n) is 1.24. The molecular weight excluding hydrogens is 308 g/mol. The highest BCUT2D eigenvalue weighted by Crippen LogP contribution is 2.28. The Bertz CT molecular complexity index is 580. The first-order valence-corrected chi connectivity index (χ1v) is 5.74. The lowest BCUT2D eigenvalue weighted by Crippen LogP contribution is -2.02. The van der Waals surface area contributed by atoms with Crippen molar-refractivity contribution in [1.82, 2.24) is 9.97 Å². The van der Waals surface area contributed by atoms with E-state index in [9.17, 15) is 8.78 Å². The fourth-order valence-corrected chi connectivity index (χ4v) is 1.65. The lowest BCUT2D eigenvalue weighted by Gasteiger charge is -2.06. The van der Waals surface area contributed by atoms with Crippen molar-refractivity contribution in [3.8, 4) is 11.8 Å². The molecule has 4 nitrogen and oxygen atoms in total. The van der Waals surface area contributed by atoms with Crippen LogP contribution in [0.3, 0.4) is 0 Å². The molecule has 7 heteroatoms. The molecule has 0 saturated heterocycles. The second-order valence-electron chi connectivity index (χ2n) is 3.34. The highest BCUT2D eigenvalue weighted by molar-refractivity contribution is 9.10. The second-order valence-corrected chi connectivity index (χ2v) is 4.25. The van der Waals surface area contributed by atoms with Gasteiger partial charge in [-0.2, -0.15) is 9.37 Å². The predicted molar refractivity (Wildman–Crippen MR) is 64.1 cm³/mol. The fraction of sp³-hybridized carbons (Fsp3) is 0.0909. The molecule has 94 valence electrons. The number of nitrogens with two attached hydrogens (primary N) is 1. The van der Waals surface area contributed by atoms with Gasteiger partial charge >= 0.3 is 6.01 Å². The van der Waals surface area contributed by atoms with Crippen LogP contribution >= 0.6 is 15.9 Å². The first-order valence-electron chi connectivity index (χ1n) is 4.94. The third kappa shape index (κ3) is 2.80. The summed E-state index contributed by atoms with van der Waals surface area (Å²) in [7, 11) is 0. The Morgan fingerprint density at radius 1 is 1.33 bits per heavy atom. The Morgan fingerprint density at radius 2 is 2.11 bits per heavy atom. The van der Waals surface area contributed by atoms with Gasteiger partial charge in [0.05, 0.1) is 5.69 Å². The van der Waals surface area contributed by atoms with Gasteiger partial charge in [-0.25, -0.2) is 9.37 Å². The standard InChI is InChI=1S/C11H8BrF2N3O/c12-6-3-8(13)10(14)9(4-6)18-11-16-2-1-7(5-15)17-11/h1-4H,5,15H2. The number of halogens is 3. The molecule has 0 aliphatic carbocycles. The van der Waals surface area contributed by atoms with Gasteiger partial charge in [0, 0.05) is 17.2 Å². The average Bonchev–Trinajstić information content (AvgIpc) is 2.35. The van der Waals surface area contributed by atoms with E-state index in [-0.39, 0.29) is 18.3 Å². The molecule has 0 spiro atoms. The monoisotopic (exact) mass is 315 g/mol. The van der Waals surface area contributed by atoms with Crippen molar-refractivity contribution in [3.05, 3.63) is 46.2 Å². The molecule has 0 aliphatic rings. The number of rotatable bonds is 3. The zero-order valence-electron chi connectivity index (χ0n) is 9.03. The van der Waals surface area contributed by atoms with E-state index in [1.54, 1.807) is 6.07 Å². The largest absolute Gasteiger partial charge is 0.421 e. The Kier molecular flexibility index (Phi) is 3.83. The highest BCUT2D eigenvalue weighted by atomic mass is 79.9. The number of ether oxygens (including phenoxy) is 1. The maximum absolute atomic E-state index is 13.4. The molecule has 2 rings (SSSR count). The number of benzene rings is 1. The molecule has 0 amide bonds. The van der Waals surface area contributed by atoms with Crippen LogP contribution in [0.25, 0.3) is 0 Å². The van der Waals surface area contributed by atoms with Crippen LogP contribution in [0.1, 0.15) is 5.69 Å². The van der Waals surface area contributed by atoms with Gasteiger partial charge in [0.15, 0.2) is 11.6 Å². The summed E-state index contributed by atoms with van der Waals surface area (Å²) >= 11 is 3.04. The van der Waals surface area contributed by atoms with E-state index in [1.165, 1.54) is 12.3 Å². The SMILES string of the molecule is NCc1ccnc(Oc2cc(Br)cc(F)c2F)n1. The number of aromatic nitrogens is 2. The van der Waals surface area contributed by atoms with E-state index >= 15 is 0 Å². The summed E-state index contributed by atoms with van der Waals surface area (Å²) in [6, 6.07) is 3.80. The van der Waals surface area contributed by atoms with Crippen molar-refractivity contribution in [2.45, 2.75) is 6.54 Å². The molecule has 0 unspecified atom stereocenters. The van der Waals surface area contributed by atoms with Crippen LogP contribution in [0.5, 0.6) is 11.8 Å². The van der Waals surface area contributed by atoms with E-state index in [0.717, 1.165) is 6.07 Å². The van der Waals surface area contributed by atoms with Gasteiger partial charge in [-0.3, -0.25) is 0 Å². The van der Waals surface area contributed by atoms with Crippen molar-refractivity contribution in [3.63, 3.8) is 0 Å². The lowest BCUT2D eigenvalue weighted by atomic mass is 10.3. The molecule has 1 heterocycles. The number of hydrogen-bond donors (Lipinski definition) is 1. The summed E-state index contributed by atoms with van der Waals surface area (Å²) < 4.78 is 32.0. The molecule has 2 aromatic rings. The maximum Gasteiger partial charge on any atom is 0.322 e. The van der Waals surface area contributed by atoms with E-state index in [2.05, 4.69) is 25.9 Å². The molecular formula is C11H8BrF2N3O. The van der Waals surface area contributed by atoms with Crippen molar-refractivity contribution in [2.75, 3.05) is 0 Å². The average molecular weight is 316 g/mol. The van der Waals surface area contributed by atoms with Gasteiger partial charge in [-0.05, 0) is 18.2 Å². The van der Waals surface area contributed by atoms with Crippen LogP contribution in [-0.4, -0.2) is 9.97 Å². The second kappa shape index (κ2) is 5.36. The molecule has 0 atom stereocenters. The van der Waals surface area contributed by atoms with E-state index < -0.39 is 11.6 Å². The maximum atomic E-state index is 13.4. The van der Waals surface area contributed by atoms with Crippen molar-refractivity contribution in [2.24, 2.45) is 5.73 Å². The predicted octanol–water partition coefficient (Wildman–Crippen LogP) is 2.77. The first-order chi connectivity index (χ1) is 8.60. The Balaban J connectivity index is 2.33. The smallest absolute Gasteiger partial charge is 0.322 e. The molecule has 2 N–H and O–H groups in total. The molecule has 0 saturated carbocycles. The normalized spacial score (nSPS) is 10.4. The van der Waals surface area contributed by atoms with Gasteiger partial charge in [-0.15, -0.1) is 0 Å². The summed E-state index contributed by atoms with van der Waals surface area (Å²) in [5.41, 5.74) is 5.94. The number of hydrogen-bond acceptors (Lipinski definition) is 4. The van der Waals surface area contributed by atoms with Crippen molar-refractivity contribution < 1.29 is 13.5 Å². The Hall–Kier alpha value is -1.60. The third-order valence-electron chi connectivity index (χ3n) is 2.06. The van der Waals surface area contributed by atoms with Gasteiger partial charge in [0.1, 0.15) is 0 Å². The van der Waals surface area contributed by atoms with Crippen LogP contribution in [-0.2, 0) is 6.54 Å². The third-order valence-corrected chi connectivity index (χ3v) is 2.52. The van der Waals surface area contributed by atoms with Crippen LogP contribution in [0.15, 0.2) is 28.9 Å². The minimum absolute atomic E-state index is 0.0886. The van der Waals surface area contributed by atoms with E-state index in [4.69, 9.17) is 10.5 Å². The molecule has 18 heavy (non-hydrogen) atoms. The highest BCUT2D eigenvalue weighted by Gasteiger charge is 2.13. The molecule has 1 aromatic carbocycles. The minimum atomic E-state index is -1.10. The first kappa shape index (κ1) is 12.8. The zero-order chi connectivity index (χ0) is 13.1. The van der Waals surface area contributed by atoms with Gasteiger partial charge in [0.2, 0.25) is 5.82 Å². The van der Waals surface area contributed by atoms with Gasteiger partial charge in [0.25, 0.3) is 0 Å². The van der Waals surface area contributed by atoms with Gasteiger partial charge < -0.3 is 10.5 Å². The van der Waals surface area contributed by atoms with Crippen LogP contribution < -0.4 is 10.5 Å². The summed E-state index contributed by atoms with van der Waals surface area (Å²) in [6.45, 7) is 0.203. The van der Waals surface area contributed by atoms with Crippen molar-refractivity contribution >= 4 is 15.9 Å². The number of nitrogens with zero attached hydrogens (tertiary/aromatic N) is 2. The molecule has 0 radical (unpaired) electrons. The minimum Gasteiger partial charge on any atom is -0.421 e. The van der Waals surface area contributed by atoms with E-state index in [0.29, 0.717) is 10.2 Å². The topological polar surface area (TPSA) is 61.0 Å². The lowest BCUT2D eigenvalue weighted by molar-refractivity contribution is 0.391. The van der Waals surface area contributed by atoms with Crippen LogP contribution in [0, 0.1) is 11.6 Å². The van der Waals surface area contributed by atoms with Crippen LogP contribution in [0.2, 0.25) is 0 Å². The summed E-state index contributed by atoms with van der Waals surface area (Å²) in [6.07, 6.45) is 1.43. The van der Waals surface area contributed by atoms with Gasteiger partial charge in [-0.1, -0.05) is 15.9 Å². The summed E-state index contributed by atoms with van der Waals surface area (Å²) in [5, 5.41) is 0. The van der Waals surface area contributed by atoms with E-state index in [1.807, 2.05) is 0 Å². The zero-order valence-corrected chi connectivity index (χ0v) is 10.6. The molecule has 0 bridgehead atoms. The molecule has 0 aliphatic heterocycles. The Morgan fingerprint density at radius 3 is 2.83 bits per heavy atom. The summed E-state index contributed by atoms with van der Waals surface area (Å²) in [4.78, 5) is 7.71. The van der Waals surface area contributed by atoms with Crippen LogP contribution in [0.4, 0.5) is 8.78 Å². The Labute approximate surface area is 110 Å². The quantitative estimate of drug-likeness (QED) is 0.885. The summed E-state index contributed by atoms with van der Waals surface area (Å²) in [5.74, 6) is -2.41. The van der Waals surface area contributed by atoms with Crippen molar-refractivity contribution in [1.29, 1.82) is 0 Å².